The Kier molecular flexibility index (Phi) is 4.98. The fourth-order valence-corrected chi connectivity index (χ4v) is 4.19. The molecule has 1 unspecified atom stereocenters. The lowest BCUT2D eigenvalue weighted by Crippen LogP contribution is -2.41. The third-order valence-electron chi connectivity index (χ3n) is 3.87. The summed E-state index contributed by atoms with van der Waals surface area (Å²) in [7, 11) is 4.39. The predicted molar refractivity (Wildman–Crippen MR) is 73.2 cm³/mol. The second-order valence-corrected chi connectivity index (χ2v) is 6.86. The van der Waals surface area contributed by atoms with Crippen molar-refractivity contribution in [3.8, 4) is 0 Å². The first-order valence-electron chi connectivity index (χ1n) is 6.72. The Hall–Kier alpha value is 0.270. The molecule has 1 saturated heterocycles. The summed E-state index contributed by atoms with van der Waals surface area (Å²) in [6, 6.07) is 1.64. The largest absolute Gasteiger partial charge is 0.310 e. The molecule has 2 rings (SSSR count). The lowest BCUT2D eigenvalue weighted by molar-refractivity contribution is 0.228. The second kappa shape index (κ2) is 6.27. The van der Waals surface area contributed by atoms with E-state index < -0.39 is 0 Å². The van der Waals surface area contributed by atoms with E-state index >= 15 is 0 Å². The molecule has 1 heterocycles. The van der Waals surface area contributed by atoms with Gasteiger partial charge in [-0.25, -0.2) is 0 Å². The highest BCUT2D eigenvalue weighted by Gasteiger charge is 2.24. The van der Waals surface area contributed by atoms with Gasteiger partial charge in [0.05, 0.1) is 0 Å². The van der Waals surface area contributed by atoms with Crippen molar-refractivity contribution >= 4 is 11.8 Å². The number of hydrogen-bond donors (Lipinski definition) is 1. The lowest BCUT2D eigenvalue weighted by atomic mass is 9.85. The van der Waals surface area contributed by atoms with E-state index in [0.717, 1.165) is 18.0 Å². The zero-order chi connectivity index (χ0) is 11.4. The zero-order valence-corrected chi connectivity index (χ0v) is 11.6. The molecule has 1 aliphatic heterocycles. The molecular weight excluding hydrogens is 216 g/mol. The van der Waals surface area contributed by atoms with Crippen LogP contribution in [0.3, 0.4) is 0 Å². The number of rotatable bonds is 4. The van der Waals surface area contributed by atoms with Crippen LogP contribution in [0.1, 0.15) is 32.1 Å². The van der Waals surface area contributed by atoms with Crippen LogP contribution in [0.2, 0.25) is 0 Å². The molecule has 0 aromatic heterocycles. The van der Waals surface area contributed by atoms with Crippen LogP contribution in [0.5, 0.6) is 0 Å². The van der Waals surface area contributed by atoms with Gasteiger partial charge in [-0.15, -0.1) is 0 Å². The van der Waals surface area contributed by atoms with Crippen molar-refractivity contribution in [2.24, 2.45) is 5.92 Å². The molecule has 3 heteroatoms. The van der Waals surface area contributed by atoms with Crippen molar-refractivity contribution in [2.75, 3.05) is 32.1 Å². The summed E-state index contributed by atoms with van der Waals surface area (Å²) >= 11 is 2.11. The van der Waals surface area contributed by atoms with Gasteiger partial charge in [-0.05, 0) is 57.9 Å². The van der Waals surface area contributed by atoms with Gasteiger partial charge < -0.3 is 10.2 Å². The molecule has 2 aliphatic rings. The van der Waals surface area contributed by atoms with Gasteiger partial charge in [0.1, 0.15) is 0 Å². The van der Waals surface area contributed by atoms with E-state index in [1.165, 1.54) is 50.2 Å². The standard InChI is InChI=1S/C13H26N2S/c1-15(2)9-11-3-5-12(6-4-11)14-13-7-8-16-10-13/h11-14H,3-10H2,1-2H3. The van der Waals surface area contributed by atoms with E-state index in [-0.39, 0.29) is 0 Å². The Bertz CT molecular complexity index is 194. The first-order valence-corrected chi connectivity index (χ1v) is 7.88. The first kappa shape index (κ1) is 12.7. The van der Waals surface area contributed by atoms with E-state index in [9.17, 15) is 0 Å². The fraction of sp³-hybridized carbons (Fsp3) is 1.00. The second-order valence-electron chi connectivity index (χ2n) is 5.71. The maximum Gasteiger partial charge on any atom is 0.0168 e. The summed E-state index contributed by atoms with van der Waals surface area (Å²) in [6.45, 7) is 1.28. The summed E-state index contributed by atoms with van der Waals surface area (Å²) in [5.41, 5.74) is 0. The van der Waals surface area contributed by atoms with Crippen molar-refractivity contribution in [3.05, 3.63) is 0 Å². The normalized spacial score (nSPS) is 35.8. The summed E-state index contributed by atoms with van der Waals surface area (Å²) < 4.78 is 0. The van der Waals surface area contributed by atoms with Crippen LogP contribution in [0.4, 0.5) is 0 Å². The van der Waals surface area contributed by atoms with Gasteiger partial charge in [-0.3, -0.25) is 0 Å². The highest BCUT2D eigenvalue weighted by atomic mass is 32.2. The van der Waals surface area contributed by atoms with Gasteiger partial charge in [0.2, 0.25) is 0 Å². The van der Waals surface area contributed by atoms with Gasteiger partial charge in [-0.2, -0.15) is 11.8 Å². The van der Waals surface area contributed by atoms with E-state index in [4.69, 9.17) is 0 Å². The number of nitrogens with zero attached hydrogens (tertiary/aromatic N) is 1. The molecule has 0 amide bonds. The average Bonchev–Trinajstić information content (AvgIpc) is 2.73. The molecule has 0 aromatic rings. The molecule has 1 saturated carbocycles. The lowest BCUT2D eigenvalue weighted by Gasteiger charge is -2.32. The summed E-state index contributed by atoms with van der Waals surface area (Å²) in [5.74, 6) is 3.66. The average molecular weight is 242 g/mol. The van der Waals surface area contributed by atoms with Crippen LogP contribution in [-0.2, 0) is 0 Å². The summed E-state index contributed by atoms with van der Waals surface area (Å²) in [6.07, 6.45) is 7.05. The monoisotopic (exact) mass is 242 g/mol. The van der Waals surface area contributed by atoms with Gasteiger partial charge in [0.15, 0.2) is 0 Å². The van der Waals surface area contributed by atoms with Crippen LogP contribution in [-0.4, -0.2) is 49.1 Å². The Morgan fingerprint density at radius 1 is 1.06 bits per heavy atom. The van der Waals surface area contributed by atoms with Gasteiger partial charge in [0, 0.05) is 24.4 Å². The molecule has 1 atom stereocenters. The molecular formula is C13H26N2S. The van der Waals surface area contributed by atoms with Crippen molar-refractivity contribution in [3.63, 3.8) is 0 Å². The third-order valence-corrected chi connectivity index (χ3v) is 5.03. The van der Waals surface area contributed by atoms with E-state index in [1.807, 2.05) is 0 Å². The summed E-state index contributed by atoms with van der Waals surface area (Å²) in [4.78, 5) is 2.34. The Labute approximate surface area is 105 Å². The zero-order valence-electron chi connectivity index (χ0n) is 10.7. The molecule has 0 radical (unpaired) electrons. The molecule has 16 heavy (non-hydrogen) atoms. The molecule has 0 bridgehead atoms. The Morgan fingerprint density at radius 3 is 2.38 bits per heavy atom. The highest BCUT2D eigenvalue weighted by molar-refractivity contribution is 7.99. The number of nitrogens with one attached hydrogen (secondary N) is 1. The van der Waals surface area contributed by atoms with Gasteiger partial charge in [0.25, 0.3) is 0 Å². The molecule has 2 fully saturated rings. The molecule has 0 spiro atoms. The molecule has 0 aromatic carbocycles. The van der Waals surface area contributed by atoms with Crippen molar-refractivity contribution in [2.45, 2.75) is 44.2 Å². The quantitative estimate of drug-likeness (QED) is 0.814. The minimum atomic E-state index is 0.820. The smallest absolute Gasteiger partial charge is 0.0168 e. The molecule has 94 valence electrons. The number of hydrogen-bond acceptors (Lipinski definition) is 3. The predicted octanol–water partition coefficient (Wildman–Crippen LogP) is 2.20. The van der Waals surface area contributed by atoms with E-state index in [2.05, 4.69) is 36.1 Å². The molecule has 1 N–H and O–H groups in total. The van der Waals surface area contributed by atoms with Crippen LogP contribution >= 0.6 is 11.8 Å². The Balaban J connectivity index is 1.64. The van der Waals surface area contributed by atoms with Crippen LogP contribution in [0, 0.1) is 5.92 Å². The minimum absolute atomic E-state index is 0.820. The van der Waals surface area contributed by atoms with Crippen LogP contribution in [0.15, 0.2) is 0 Å². The van der Waals surface area contributed by atoms with Gasteiger partial charge >= 0.3 is 0 Å². The van der Waals surface area contributed by atoms with E-state index in [0.29, 0.717) is 0 Å². The van der Waals surface area contributed by atoms with Crippen LogP contribution in [0.25, 0.3) is 0 Å². The van der Waals surface area contributed by atoms with E-state index in [1.54, 1.807) is 0 Å². The SMILES string of the molecule is CN(C)CC1CCC(NC2CCSC2)CC1. The summed E-state index contributed by atoms with van der Waals surface area (Å²) in [5, 5.41) is 3.86. The van der Waals surface area contributed by atoms with Crippen molar-refractivity contribution in [1.82, 2.24) is 10.2 Å². The highest BCUT2D eigenvalue weighted by Crippen LogP contribution is 2.26. The Morgan fingerprint density at radius 2 is 1.81 bits per heavy atom. The minimum Gasteiger partial charge on any atom is -0.310 e. The molecule has 1 aliphatic carbocycles. The topological polar surface area (TPSA) is 15.3 Å². The van der Waals surface area contributed by atoms with Crippen LogP contribution < -0.4 is 5.32 Å². The van der Waals surface area contributed by atoms with Crippen molar-refractivity contribution in [1.29, 1.82) is 0 Å². The maximum atomic E-state index is 3.86. The molecule has 2 nitrogen and oxygen atoms in total. The third kappa shape index (κ3) is 3.94. The fourth-order valence-electron chi connectivity index (χ4n) is 3.03. The maximum absolute atomic E-state index is 3.86. The van der Waals surface area contributed by atoms with Crippen molar-refractivity contribution < 1.29 is 0 Å². The van der Waals surface area contributed by atoms with Gasteiger partial charge in [-0.1, -0.05) is 0 Å². The first-order chi connectivity index (χ1) is 7.74. The number of thioether (sulfide) groups is 1.